The Balaban J connectivity index is 2.15. The van der Waals surface area contributed by atoms with Crippen molar-refractivity contribution in [1.29, 1.82) is 0 Å². The van der Waals surface area contributed by atoms with E-state index >= 15 is 0 Å². The number of nitrogens with two attached hydrogens (primary N) is 1. The van der Waals surface area contributed by atoms with Crippen LogP contribution in [0, 0.1) is 6.92 Å². The second-order valence-electron chi connectivity index (χ2n) is 3.86. The molecule has 0 aliphatic heterocycles. The molecule has 0 aliphatic rings. The van der Waals surface area contributed by atoms with Gasteiger partial charge in [0.15, 0.2) is 0 Å². The van der Waals surface area contributed by atoms with Gasteiger partial charge in [-0.15, -0.1) is 0 Å². The highest BCUT2D eigenvalue weighted by Gasteiger charge is 2.02. The summed E-state index contributed by atoms with van der Waals surface area (Å²) in [6, 6.07) is 3.69. The van der Waals surface area contributed by atoms with Gasteiger partial charge in [0.1, 0.15) is 5.75 Å². The zero-order chi connectivity index (χ0) is 12.7. The van der Waals surface area contributed by atoms with Crippen LogP contribution in [0.5, 0.6) is 5.75 Å². The Labute approximate surface area is 102 Å². The fourth-order valence-corrected chi connectivity index (χ4v) is 1.99. The van der Waals surface area contributed by atoms with E-state index in [4.69, 9.17) is 9.88 Å². The molecule has 17 heavy (non-hydrogen) atoms. The van der Waals surface area contributed by atoms with Crippen molar-refractivity contribution < 1.29 is 13.2 Å². The van der Waals surface area contributed by atoms with Gasteiger partial charge in [0.05, 0.1) is 18.1 Å². The largest absolute Gasteiger partial charge is 0.492 e. The highest BCUT2D eigenvalue weighted by Crippen LogP contribution is 2.13. The van der Waals surface area contributed by atoms with Gasteiger partial charge in [-0.1, -0.05) is 0 Å². The van der Waals surface area contributed by atoms with Crippen molar-refractivity contribution in [3.8, 4) is 5.75 Å². The van der Waals surface area contributed by atoms with E-state index in [1.807, 2.05) is 19.1 Å². The highest BCUT2D eigenvalue weighted by atomic mass is 32.2. The molecule has 1 heterocycles. The first kappa shape index (κ1) is 13.9. The molecule has 0 amide bonds. The summed E-state index contributed by atoms with van der Waals surface area (Å²) in [6.45, 7) is 2.45. The van der Waals surface area contributed by atoms with Gasteiger partial charge < -0.3 is 4.74 Å². The van der Waals surface area contributed by atoms with Crippen molar-refractivity contribution in [2.75, 3.05) is 12.4 Å². The van der Waals surface area contributed by atoms with Crippen LogP contribution < -0.4 is 9.88 Å². The molecule has 2 N–H and O–H groups in total. The van der Waals surface area contributed by atoms with E-state index in [2.05, 4.69) is 4.98 Å². The molecule has 0 saturated carbocycles. The third-order valence-electron chi connectivity index (χ3n) is 2.29. The number of hydrogen-bond donors (Lipinski definition) is 1. The van der Waals surface area contributed by atoms with Gasteiger partial charge in [-0.2, -0.15) is 0 Å². The Morgan fingerprint density at radius 2 is 2.12 bits per heavy atom. The molecule has 0 aliphatic carbocycles. The minimum atomic E-state index is -3.32. The van der Waals surface area contributed by atoms with Crippen molar-refractivity contribution in [3.05, 3.63) is 24.0 Å². The maximum absolute atomic E-state index is 10.7. The normalized spacial score (nSPS) is 11.4. The summed E-state index contributed by atoms with van der Waals surface area (Å²) >= 11 is 0. The van der Waals surface area contributed by atoms with Gasteiger partial charge in [0, 0.05) is 6.20 Å². The van der Waals surface area contributed by atoms with E-state index in [1.165, 1.54) is 0 Å². The maximum Gasteiger partial charge on any atom is 0.209 e. The molecular formula is C11H18N2O3S. The molecule has 0 bridgehead atoms. The SMILES string of the molecule is Cc1ncccc1OCCCCCS(N)(=O)=O. The number of hydrogen-bond acceptors (Lipinski definition) is 4. The summed E-state index contributed by atoms with van der Waals surface area (Å²) in [5.74, 6) is 0.817. The summed E-state index contributed by atoms with van der Waals surface area (Å²) < 4.78 is 26.9. The number of aromatic nitrogens is 1. The Morgan fingerprint density at radius 3 is 2.76 bits per heavy atom. The number of unbranched alkanes of at least 4 members (excludes halogenated alkanes) is 2. The van der Waals surface area contributed by atoms with Crippen molar-refractivity contribution in [1.82, 2.24) is 4.98 Å². The van der Waals surface area contributed by atoms with Crippen LogP contribution >= 0.6 is 0 Å². The zero-order valence-electron chi connectivity index (χ0n) is 9.93. The molecule has 1 rings (SSSR count). The summed E-state index contributed by atoms with van der Waals surface area (Å²) in [6.07, 6.45) is 3.89. The summed E-state index contributed by atoms with van der Waals surface area (Å²) in [4.78, 5) is 4.11. The van der Waals surface area contributed by atoms with Gasteiger partial charge >= 0.3 is 0 Å². The predicted molar refractivity (Wildman–Crippen MR) is 66.3 cm³/mol. The number of primary sulfonamides is 1. The lowest BCUT2D eigenvalue weighted by molar-refractivity contribution is 0.303. The minimum Gasteiger partial charge on any atom is -0.492 e. The number of pyridine rings is 1. The van der Waals surface area contributed by atoms with Crippen LogP contribution in [-0.2, 0) is 10.0 Å². The van der Waals surface area contributed by atoms with E-state index in [1.54, 1.807) is 6.20 Å². The number of rotatable bonds is 7. The Hall–Kier alpha value is -1.14. The standard InChI is InChI=1S/C11H18N2O3S/c1-10-11(6-5-7-13-10)16-8-3-2-4-9-17(12,14)15/h5-7H,2-4,8-9H2,1H3,(H2,12,14,15). The van der Waals surface area contributed by atoms with Crippen molar-refractivity contribution in [2.45, 2.75) is 26.2 Å². The van der Waals surface area contributed by atoms with Crippen LogP contribution in [0.2, 0.25) is 0 Å². The van der Waals surface area contributed by atoms with Crippen LogP contribution in [0.4, 0.5) is 0 Å². The second kappa shape index (κ2) is 6.56. The van der Waals surface area contributed by atoms with Crippen molar-refractivity contribution >= 4 is 10.0 Å². The molecule has 0 spiro atoms. The minimum absolute atomic E-state index is 0.0406. The molecule has 0 radical (unpaired) electrons. The van der Waals surface area contributed by atoms with Gasteiger partial charge in [-0.25, -0.2) is 13.6 Å². The van der Waals surface area contributed by atoms with Gasteiger partial charge in [0.25, 0.3) is 0 Å². The quantitative estimate of drug-likeness (QED) is 0.746. The average Bonchev–Trinajstić information content (AvgIpc) is 2.24. The van der Waals surface area contributed by atoms with Crippen LogP contribution in [-0.4, -0.2) is 25.8 Å². The number of ether oxygens (including phenoxy) is 1. The van der Waals surface area contributed by atoms with Gasteiger partial charge in [0.2, 0.25) is 10.0 Å². The molecule has 0 atom stereocenters. The van der Waals surface area contributed by atoms with E-state index < -0.39 is 10.0 Å². The molecule has 0 unspecified atom stereocenters. The molecule has 5 nitrogen and oxygen atoms in total. The van der Waals surface area contributed by atoms with Crippen molar-refractivity contribution in [3.63, 3.8) is 0 Å². The fraction of sp³-hybridized carbons (Fsp3) is 0.545. The summed E-state index contributed by atoms with van der Waals surface area (Å²) in [7, 11) is -3.32. The fourth-order valence-electron chi connectivity index (χ4n) is 1.39. The van der Waals surface area contributed by atoms with E-state index in [-0.39, 0.29) is 5.75 Å². The van der Waals surface area contributed by atoms with Gasteiger partial charge in [-0.05, 0) is 38.3 Å². The molecule has 0 fully saturated rings. The topological polar surface area (TPSA) is 82.3 Å². The smallest absolute Gasteiger partial charge is 0.209 e. The Morgan fingerprint density at radius 1 is 1.35 bits per heavy atom. The molecule has 1 aromatic heterocycles. The van der Waals surface area contributed by atoms with E-state index in [9.17, 15) is 8.42 Å². The predicted octanol–water partition coefficient (Wildman–Crippen LogP) is 1.23. The highest BCUT2D eigenvalue weighted by molar-refractivity contribution is 7.89. The van der Waals surface area contributed by atoms with Crippen molar-refractivity contribution in [2.24, 2.45) is 5.14 Å². The van der Waals surface area contributed by atoms with E-state index in [0.717, 1.165) is 24.3 Å². The Kier molecular flexibility index (Phi) is 5.37. The van der Waals surface area contributed by atoms with E-state index in [0.29, 0.717) is 13.0 Å². The lowest BCUT2D eigenvalue weighted by Gasteiger charge is -2.07. The van der Waals surface area contributed by atoms with Crippen LogP contribution in [0.3, 0.4) is 0 Å². The summed E-state index contributed by atoms with van der Waals surface area (Å²) in [5, 5.41) is 4.89. The molecule has 96 valence electrons. The molecule has 0 saturated heterocycles. The first-order valence-electron chi connectivity index (χ1n) is 5.54. The molecule has 6 heteroatoms. The molecule has 1 aromatic rings. The lowest BCUT2D eigenvalue weighted by Crippen LogP contribution is -2.16. The lowest BCUT2D eigenvalue weighted by atomic mass is 10.2. The first-order valence-corrected chi connectivity index (χ1v) is 7.25. The molecule has 0 aromatic carbocycles. The molecular weight excluding hydrogens is 240 g/mol. The number of sulfonamides is 1. The third kappa shape index (κ3) is 6.23. The van der Waals surface area contributed by atoms with Crippen LogP contribution in [0.1, 0.15) is 25.0 Å². The first-order chi connectivity index (χ1) is 7.99. The number of aryl methyl sites for hydroxylation is 1. The zero-order valence-corrected chi connectivity index (χ0v) is 10.7. The monoisotopic (exact) mass is 258 g/mol. The van der Waals surface area contributed by atoms with Crippen LogP contribution in [0.15, 0.2) is 18.3 Å². The maximum atomic E-state index is 10.7. The van der Waals surface area contributed by atoms with Crippen LogP contribution in [0.25, 0.3) is 0 Å². The van der Waals surface area contributed by atoms with Gasteiger partial charge in [-0.3, -0.25) is 4.98 Å². The second-order valence-corrected chi connectivity index (χ2v) is 5.60. The number of nitrogens with zero attached hydrogens (tertiary/aromatic N) is 1. The Bertz CT molecular complexity index is 446. The average molecular weight is 258 g/mol. The third-order valence-corrected chi connectivity index (χ3v) is 3.15. The summed E-state index contributed by atoms with van der Waals surface area (Å²) in [5.41, 5.74) is 0.858.